The first-order chi connectivity index (χ1) is 45.1. The lowest BCUT2D eigenvalue weighted by Gasteiger charge is -2.71. The molecule has 548 valence electrons. The molecule has 33 heteroatoms. The molecular formula is C63H98O33. The smallest absolute Gasteiger partial charge is 0.317 e. The van der Waals surface area contributed by atoms with E-state index in [0.29, 0.717) is 32.1 Å². The summed E-state index contributed by atoms with van der Waals surface area (Å²) in [4.78, 5) is 30.1. The highest BCUT2D eigenvalue weighted by Crippen LogP contribution is 2.77. The molecule has 4 saturated carbocycles. The van der Waals surface area contributed by atoms with Crippen LogP contribution in [0.2, 0.25) is 0 Å². The number of rotatable bonds is 16. The van der Waals surface area contributed by atoms with E-state index >= 15 is 4.79 Å². The van der Waals surface area contributed by atoms with Gasteiger partial charge in [-0.15, -0.1) is 0 Å². The lowest BCUT2D eigenvalue weighted by atomic mass is 9.33. The average Bonchev–Trinajstić information content (AvgIpc) is 1.13. The van der Waals surface area contributed by atoms with Crippen molar-refractivity contribution in [2.75, 3.05) is 46.2 Å². The van der Waals surface area contributed by atoms with Gasteiger partial charge in [0.25, 0.3) is 0 Å². The zero-order valence-corrected chi connectivity index (χ0v) is 54.3. The molecule has 0 aromatic heterocycles. The summed E-state index contributed by atoms with van der Waals surface area (Å²) < 4.78 is 76.4. The molecule has 2 bridgehead atoms. The van der Waals surface area contributed by atoms with Gasteiger partial charge in [-0.3, -0.25) is 9.59 Å². The number of fused-ring (bicyclic) bond motifs is 10. The topological polar surface area (TPSA) is 518 Å². The summed E-state index contributed by atoms with van der Waals surface area (Å²) >= 11 is 0. The Labute approximate surface area is 552 Å². The van der Waals surface area contributed by atoms with E-state index in [1.165, 1.54) is 6.92 Å². The van der Waals surface area contributed by atoms with Crippen LogP contribution in [0, 0.1) is 50.2 Å². The maximum absolute atomic E-state index is 15.6. The third kappa shape index (κ3) is 11.6. The monoisotopic (exact) mass is 1380 g/mol. The summed E-state index contributed by atoms with van der Waals surface area (Å²) in [6.45, 7) is 7.24. The third-order valence-corrected chi connectivity index (χ3v) is 24.9. The Morgan fingerprint density at radius 2 is 1.22 bits per heavy atom. The fourth-order valence-corrected chi connectivity index (χ4v) is 19.0. The maximum atomic E-state index is 15.6. The molecule has 5 aliphatic carbocycles. The van der Waals surface area contributed by atoms with Crippen LogP contribution in [0.5, 0.6) is 0 Å². The van der Waals surface area contributed by atoms with Gasteiger partial charge in [0.05, 0.1) is 58.5 Å². The van der Waals surface area contributed by atoms with Crippen molar-refractivity contribution in [1.82, 2.24) is 0 Å². The number of allylic oxidation sites excluding steroid dienone is 2. The van der Waals surface area contributed by atoms with Crippen LogP contribution >= 0.6 is 0 Å². The minimum atomic E-state index is -2.09. The van der Waals surface area contributed by atoms with Crippen LogP contribution in [0.25, 0.3) is 0 Å². The zero-order valence-electron chi connectivity index (χ0n) is 54.3. The molecule has 12 aliphatic rings. The van der Waals surface area contributed by atoms with E-state index < -0.39 is 275 Å². The van der Waals surface area contributed by atoms with E-state index in [1.807, 2.05) is 0 Å². The normalized spacial score (nSPS) is 55.4. The highest BCUT2D eigenvalue weighted by molar-refractivity contribution is 5.82. The first kappa shape index (κ1) is 73.3. The van der Waals surface area contributed by atoms with Gasteiger partial charge in [0.2, 0.25) is 6.29 Å². The third-order valence-electron chi connectivity index (χ3n) is 24.9. The van der Waals surface area contributed by atoms with E-state index in [1.54, 1.807) is 0 Å². The number of esters is 2. The first-order valence-electron chi connectivity index (χ1n) is 33.4. The van der Waals surface area contributed by atoms with Crippen molar-refractivity contribution >= 4 is 11.9 Å². The van der Waals surface area contributed by atoms with Crippen LogP contribution in [0.4, 0.5) is 0 Å². The van der Waals surface area contributed by atoms with Crippen LogP contribution in [-0.4, -0.2) is 328 Å². The summed E-state index contributed by atoms with van der Waals surface area (Å²) in [6, 6.07) is 0. The first-order valence-corrected chi connectivity index (χ1v) is 33.4. The highest BCUT2D eigenvalue weighted by atomic mass is 16.8. The SMILES string of the molecule is C[C@@H]1O[C@@H](O[C@H]2[C@H](OC(=O)[C@]34CCC(C)(C)C[C@H]3C3=CC[C@@H]5[C@@]6(C)C[C@@H]7OC(=O)[C@](CO)([C@@H]6CC[C@@]5(C)[C@]3(C)C[C@H]4O)[C@H]7O[C@@H]3O[C@H](CO[C@@H]4O[C@H](CO)[C@@H](O)[C@H](O)[C@H]4O)[C@@H](O)[C@H](O)[C@H]3O)OC[C@H](O)[C@@H]2O)[C@H](O)[C@H](O)[C@H]1O[C@@H]1OC[C@@H](O)[C@H](O[C@@H]2OC[C@](O)(CO)[C@H]2O)[C@H]1O. The molecule has 37 atom stereocenters. The predicted octanol–water partition coefficient (Wildman–Crippen LogP) is -6.98. The van der Waals surface area contributed by atoms with Gasteiger partial charge in [-0.25, -0.2) is 0 Å². The number of aliphatic hydroxyl groups is 18. The number of hydrogen-bond acceptors (Lipinski definition) is 33. The number of carbonyl (C=O) groups is 2. The van der Waals surface area contributed by atoms with E-state index in [9.17, 15) is 96.7 Å². The van der Waals surface area contributed by atoms with Crippen LogP contribution in [0.1, 0.15) is 92.9 Å². The predicted molar refractivity (Wildman–Crippen MR) is 311 cm³/mol. The van der Waals surface area contributed by atoms with Crippen LogP contribution < -0.4 is 0 Å². The maximum Gasteiger partial charge on any atom is 0.317 e. The minimum Gasteiger partial charge on any atom is -0.459 e. The van der Waals surface area contributed by atoms with Gasteiger partial charge in [0.1, 0.15) is 132 Å². The molecule has 0 spiro atoms. The molecule has 18 N–H and O–H groups in total. The van der Waals surface area contributed by atoms with E-state index in [4.69, 9.17) is 61.6 Å². The summed E-state index contributed by atoms with van der Waals surface area (Å²) in [5, 5.41) is 197. The molecule has 96 heavy (non-hydrogen) atoms. The molecule has 0 radical (unpaired) electrons. The number of ether oxygens (including phenoxy) is 13. The van der Waals surface area contributed by atoms with E-state index in [0.717, 1.165) is 5.57 Å². The standard InChI is InChI=1S/C63H98O33/c1-23-44(92-50-43(79)45(27(68)18-84-50)93-54-47(80)61(83,20-65)22-87-54)39(75)42(78)51(88-23)94-46-34(70)26(67)17-85-53(46)96-55(81)62-12-11-57(2,3)13-25(62)24-7-8-31-58(4)14-28-48(63(21-66,56(82)91-28)32(58)9-10-59(31,5)60(24,6)15-33(62)69)95-52-41(77)38(74)36(72)30(90-52)19-86-49-40(76)37(73)35(71)29(16-64)89-49/h7,23,25-54,64-80,83H,8-22H2,1-6H3/t23-,25-,26-,27+,28-,29+,30+,31+,32+,33+,34-,35+,36+,37-,38-,39-,40+,41+,42+,43+,44-,45-,46+,47-,48-,49+,50-,51-,52-,53-,54-,58+,59+,60+,61+,62+,63+/m0/s1. The van der Waals surface area contributed by atoms with Gasteiger partial charge in [0.15, 0.2) is 37.6 Å². The molecule has 0 aromatic carbocycles. The Morgan fingerprint density at radius 3 is 1.90 bits per heavy atom. The lowest BCUT2D eigenvalue weighted by molar-refractivity contribution is -0.372. The molecular weight excluding hydrogens is 1280 g/mol. The molecule has 0 unspecified atom stereocenters. The van der Waals surface area contributed by atoms with Gasteiger partial charge in [0, 0.05) is 0 Å². The van der Waals surface area contributed by atoms with Crippen molar-refractivity contribution in [3.63, 3.8) is 0 Å². The molecule has 7 aliphatic heterocycles. The minimum absolute atomic E-state index is 0.0544. The van der Waals surface area contributed by atoms with Gasteiger partial charge >= 0.3 is 11.9 Å². The van der Waals surface area contributed by atoms with Crippen molar-refractivity contribution in [2.24, 2.45) is 50.2 Å². The van der Waals surface area contributed by atoms with E-state index in [2.05, 4.69) is 40.7 Å². The Hall–Kier alpha value is -2.48. The second kappa shape index (κ2) is 26.7. The Morgan fingerprint density at radius 1 is 0.594 bits per heavy atom. The Balaban J connectivity index is 0.747. The van der Waals surface area contributed by atoms with Crippen molar-refractivity contribution in [1.29, 1.82) is 0 Å². The second-order valence-electron chi connectivity index (χ2n) is 30.7. The number of carbonyl (C=O) groups excluding carboxylic acids is 2. The second-order valence-corrected chi connectivity index (χ2v) is 30.7. The van der Waals surface area contributed by atoms with Crippen molar-refractivity contribution < 1.29 is 163 Å². The molecule has 7 heterocycles. The summed E-state index contributed by atoms with van der Waals surface area (Å²) in [7, 11) is 0. The lowest BCUT2D eigenvalue weighted by Crippen LogP contribution is -2.70. The fourth-order valence-electron chi connectivity index (χ4n) is 19.0. The van der Waals surface area contributed by atoms with Gasteiger partial charge in [-0.2, -0.15) is 0 Å². The van der Waals surface area contributed by atoms with Gasteiger partial charge < -0.3 is 153 Å². The molecule has 7 saturated heterocycles. The Bertz CT molecular complexity index is 2820. The van der Waals surface area contributed by atoms with Crippen LogP contribution in [-0.2, 0) is 71.2 Å². The highest BCUT2D eigenvalue weighted by Gasteiger charge is 2.78. The van der Waals surface area contributed by atoms with Crippen molar-refractivity contribution in [3.8, 4) is 0 Å². The molecule has 12 rings (SSSR count). The molecule has 0 aromatic rings. The summed E-state index contributed by atoms with van der Waals surface area (Å²) in [5.41, 5.74) is -7.22. The quantitative estimate of drug-likeness (QED) is 0.0388. The molecule has 33 nitrogen and oxygen atoms in total. The van der Waals surface area contributed by atoms with Crippen molar-refractivity contribution in [2.45, 2.75) is 271 Å². The Kier molecular flexibility index (Phi) is 20.3. The van der Waals surface area contributed by atoms with Crippen molar-refractivity contribution in [3.05, 3.63) is 11.6 Å². The average molecular weight is 1380 g/mol. The summed E-state index contributed by atoms with van der Waals surface area (Å²) in [5.74, 6) is -3.17. The van der Waals surface area contributed by atoms with Crippen LogP contribution in [0.3, 0.4) is 0 Å². The number of hydrogen-bond donors (Lipinski definition) is 18. The van der Waals surface area contributed by atoms with Crippen LogP contribution in [0.15, 0.2) is 11.6 Å². The molecule has 0 amide bonds. The van der Waals surface area contributed by atoms with Gasteiger partial charge in [-0.05, 0) is 97.7 Å². The zero-order chi connectivity index (χ0) is 69.6. The largest absolute Gasteiger partial charge is 0.459 e. The van der Waals surface area contributed by atoms with E-state index in [-0.39, 0.29) is 30.6 Å². The van der Waals surface area contributed by atoms with Gasteiger partial charge in [-0.1, -0.05) is 46.3 Å². The fraction of sp³-hybridized carbons (Fsp3) is 0.937. The summed E-state index contributed by atoms with van der Waals surface area (Å²) in [6.07, 6.45) is -41.8. The molecule has 11 fully saturated rings. The number of aliphatic hydroxyl groups excluding tert-OH is 17.